The number of hydrogen-bond acceptors (Lipinski definition) is 4. The second kappa shape index (κ2) is 6.85. The molecule has 1 saturated carbocycles. The van der Waals surface area contributed by atoms with Crippen LogP contribution in [0.5, 0.6) is 0 Å². The van der Waals surface area contributed by atoms with Crippen LogP contribution < -0.4 is 5.32 Å². The van der Waals surface area contributed by atoms with E-state index in [0.29, 0.717) is 18.1 Å². The molecule has 1 aliphatic rings. The first-order chi connectivity index (χ1) is 10.7. The number of rotatable bonds is 7. The van der Waals surface area contributed by atoms with Gasteiger partial charge in [-0.2, -0.15) is 0 Å². The molecule has 1 aromatic carbocycles. The van der Waals surface area contributed by atoms with E-state index in [9.17, 15) is 9.90 Å². The Morgan fingerprint density at radius 2 is 2.23 bits per heavy atom. The monoisotopic (exact) mass is 300 g/mol. The minimum atomic E-state index is -0.684. The largest absolute Gasteiger partial charge is 0.389 e. The van der Waals surface area contributed by atoms with Gasteiger partial charge in [-0.1, -0.05) is 12.1 Å². The van der Waals surface area contributed by atoms with Crippen LogP contribution in [-0.4, -0.2) is 41.9 Å². The Morgan fingerprint density at radius 3 is 3.05 bits per heavy atom. The van der Waals surface area contributed by atoms with Crippen molar-refractivity contribution in [3.8, 4) is 0 Å². The van der Waals surface area contributed by atoms with Gasteiger partial charge in [-0.25, -0.2) is 0 Å². The minimum Gasteiger partial charge on any atom is -0.389 e. The zero-order valence-corrected chi connectivity index (χ0v) is 12.4. The Morgan fingerprint density at radius 1 is 1.36 bits per heavy atom. The predicted molar refractivity (Wildman–Crippen MR) is 83.6 cm³/mol. The Balaban J connectivity index is 1.54. The molecular weight excluding hydrogens is 280 g/mol. The van der Waals surface area contributed by atoms with Crippen LogP contribution in [0.1, 0.15) is 23.2 Å². The Labute approximate surface area is 129 Å². The number of amides is 1. The van der Waals surface area contributed by atoms with E-state index in [1.54, 1.807) is 24.4 Å². The molecule has 2 aromatic rings. The van der Waals surface area contributed by atoms with Crippen molar-refractivity contribution in [1.82, 2.24) is 10.3 Å². The molecule has 5 nitrogen and oxygen atoms in total. The number of nitrogens with one attached hydrogen (secondary N) is 1. The summed E-state index contributed by atoms with van der Waals surface area (Å²) in [6.45, 7) is 1.15. The third kappa shape index (κ3) is 3.81. The number of aliphatic hydroxyl groups is 1. The fraction of sp³-hybridized carbons (Fsp3) is 0.412. The van der Waals surface area contributed by atoms with Crippen molar-refractivity contribution in [1.29, 1.82) is 0 Å². The summed E-state index contributed by atoms with van der Waals surface area (Å²) < 4.78 is 5.42. The molecular formula is C17H20N2O3. The molecule has 22 heavy (non-hydrogen) atoms. The second-order valence-electron chi connectivity index (χ2n) is 5.72. The number of aromatic nitrogens is 1. The van der Waals surface area contributed by atoms with Gasteiger partial charge >= 0.3 is 0 Å². The summed E-state index contributed by atoms with van der Waals surface area (Å²) in [7, 11) is 0. The molecule has 5 heteroatoms. The Kier molecular flexibility index (Phi) is 4.65. The van der Waals surface area contributed by atoms with Gasteiger partial charge in [-0.05, 0) is 37.0 Å². The molecule has 0 radical (unpaired) electrons. The van der Waals surface area contributed by atoms with Crippen molar-refractivity contribution in [2.24, 2.45) is 5.92 Å². The molecule has 0 spiro atoms. The van der Waals surface area contributed by atoms with Gasteiger partial charge in [0.05, 0.1) is 18.2 Å². The first-order valence-electron chi connectivity index (χ1n) is 7.62. The van der Waals surface area contributed by atoms with E-state index in [1.165, 1.54) is 12.8 Å². The standard InChI is InChI=1S/C17H20N2O3/c20-13(11-22-10-12-6-7-12)9-19-17(21)15-3-1-5-16-14(15)4-2-8-18-16/h1-5,8,12-13,20H,6-7,9-11H2,(H,19,21). The highest BCUT2D eigenvalue weighted by Crippen LogP contribution is 2.28. The average molecular weight is 300 g/mol. The molecule has 3 rings (SSSR count). The van der Waals surface area contributed by atoms with Gasteiger partial charge in [-0.3, -0.25) is 9.78 Å². The van der Waals surface area contributed by atoms with Crippen molar-refractivity contribution in [2.75, 3.05) is 19.8 Å². The lowest BCUT2D eigenvalue weighted by Crippen LogP contribution is -2.34. The van der Waals surface area contributed by atoms with Crippen LogP contribution in [0, 0.1) is 5.92 Å². The van der Waals surface area contributed by atoms with E-state index in [0.717, 1.165) is 10.9 Å². The SMILES string of the molecule is O=C(NCC(O)COCC1CC1)c1cccc2ncccc12. The average Bonchev–Trinajstić information content (AvgIpc) is 3.36. The maximum Gasteiger partial charge on any atom is 0.252 e. The Hall–Kier alpha value is -1.98. The summed E-state index contributed by atoms with van der Waals surface area (Å²) in [6, 6.07) is 9.10. The van der Waals surface area contributed by atoms with E-state index < -0.39 is 6.10 Å². The van der Waals surface area contributed by atoms with E-state index in [2.05, 4.69) is 10.3 Å². The van der Waals surface area contributed by atoms with Crippen molar-refractivity contribution in [2.45, 2.75) is 18.9 Å². The topological polar surface area (TPSA) is 71.5 Å². The van der Waals surface area contributed by atoms with Gasteiger partial charge < -0.3 is 15.2 Å². The van der Waals surface area contributed by atoms with Crippen LogP contribution >= 0.6 is 0 Å². The van der Waals surface area contributed by atoms with Crippen LogP contribution in [0.3, 0.4) is 0 Å². The summed E-state index contributed by atoms with van der Waals surface area (Å²) in [5.74, 6) is 0.463. The zero-order chi connectivity index (χ0) is 15.4. The van der Waals surface area contributed by atoms with E-state index in [-0.39, 0.29) is 19.1 Å². The van der Waals surface area contributed by atoms with Gasteiger partial charge in [0, 0.05) is 30.3 Å². The normalized spacial score (nSPS) is 15.7. The van der Waals surface area contributed by atoms with E-state index in [1.807, 2.05) is 12.1 Å². The molecule has 116 valence electrons. The highest BCUT2D eigenvalue weighted by Gasteiger charge is 2.21. The molecule has 2 N–H and O–H groups in total. The van der Waals surface area contributed by atoms with Crippen molar-refractivity contribution >= 4 is 16.8 Å². The molecule has 1 aromatic heterocycles. The number of carbonyl (C=O) groups excluding carboxylic acids is 1. The van der Waals surface area contributed by atoms with Crippen molar-refractivity contribution in [3.05, 3.63) is 42.1 Å². The predicted octanol–water partition coefficient (Wildman–Crippen LogP) is 1.75. The lowest BCUT2D eigenvalue weighted by molar-refractivity contribution is 0.0321. The number of fused-ring (bicyclic) bond motifs is 1. The third-order valence-electron chi connectivity index (χ3n) is 3.75. The summed E-state index contributed by atoms with van der Waals surface area (Å²) in [5.41, 5.74) is 1.35. The van der Waals surface area contributed by atoms with Crippen LogP contribution in [0.25, 0.3) is 10.9 Å². The maximum atomic E-state index is 12.3. The number of aliphatic hydroxyl groups excluding tert-OH is 1. The quantitative estimate of drug-likeness (QED) is 0.817. The summed E-state index contributed by atoms with van der Waals surface area (Å²) in [4.78, 5) is 16.5. The molecule has 1 atom stereocenters. The lowest BCUT2D eigenvalue weighted by Gasteiger charge is -2.13. The molecule has 0 aliphatic heterocycles. The number of nitrogens with zero attached hydrogens (tertiary/aromatic N) is 1. The highest BCUT2D eigenvalue weighted by molar-refractivity contribution is 6.06. The summed E-state index contributed by atoms with van der Waals surface area (Å²) >= 11 is 0. The molecule has 0 bridgehead atoms. The molecule has 1 heterocycles. The minimum absolute atomic E-state index is 0.181. The van der Waals surface area contributed by atoms with Gasteiger partial charge in [0.2, 0.25) is 0 Å². The van der Waals surface area contributed by atoms with Crippen LogP contribution in [-0.2, 0) is 4.74 Å². The molecule has 1 unspecified atom stereocenters. The van der Waals surface area contributed by atoms with E-state index >= 15 is 0 Å². The zero-order valence-electron chi connectivity index (χ0n) is 12.4. The van der Waals surface area contributed by atoms with Crippen LogP contribution in [0.4, 0.5) is 0 Å². The second-order valence-corrected chi connectivity index (χ2v) is 5.72. The number of ether oxygens (including phenoxy) is 1. The first-order valence-corrected chi connectivity index (χ1v) is 7.62. The summed E-state index contributed by atoms with van der Waals surface area (Å²) in [5, 5.41) is 13.4. The highest BCUT2D eigenvalue weighted by atomic mass is 16.5. The molecule has 1 aliphatic carbocycles. The van der Waals surface area contributed by atoms with Crippen molar-refractivity contribution < 1.29 is 14.6 Å². The van der Waals surface area contributed by atoms with E-state index in [4.69, 9.17) is 4.74 Å². The smallest absolute Gasteiger partial charge is 0.252 e. The Bertz CT molecular complexity index is 650. The fourth-order valence-electron chi connectivity index (χ4n) is 2.32. The van der Waals surface area contributed by atoms with Crippen LogP contribution in [0.15, 0.2) is 36.5 Å². The number of hydrogen-bond donors (Lipinski definition) is 2. The summed E-state index contributed by atoms with van der Waals surface area (Å²) in [6.07, 6.45) is 3.46. The van der Waals surface area contributed by atoms with Gasteiger partial charge in [-0.15, -0.1) is 0 Å². The van der Waals surface area contributed by atoms with Gasteiger partial charge in [0.1, 0.15) is 0 Å². The molecule has 1 fully saturated rings. The maximum absolute atomic E-state index is 12.3. The lowest BCUT2D eigenvalue weighted by atomic mass is 10.1. The van der Waals surface area contributed by atoms with Crippen LogP contribution in [0.2, 0.25) is 0 Å². The number of carbonyl (C=O) groups is 1. The molecule has 1 amide bonds. The number of benzene rings is 1. The van der Waals surface area contributed by atoms with Gasteiger partial charge in [0.25, 0.3) is 5.91 Å². The number of pyridine rings is 1. The van der Waals surface area contributed by atoms with Gasteiger partial charge in [0.15, 0.2) is 0 Å². The molecule has 0 saturated heterocycles. The third-order valence-corrected chi connectivity index (χ3v) is 3.75. The fourth-order valence-corrected chi connectivity index (χ4v) is 2.32. The first kappa shape index (κ1) is 14.9. The van der Waals surface area contributed by atoms with Crippen molar-refractivity contribution in [3.63, 3.8) is 0 Å².